The summed E-state index contributed by atoms with van der Waals surface area (Å²) < 4.78 is 4.78. The van der Waals surface area contributed by atoms with Crippen molar-refractivity contribution in [2.45, 2.75) is 26.7 Å². The van der Waals surface area contributed by atoms with E-state index in [2.05, 4.69) is 10.5 Å². The summed E-state index contributed by atoms with van der Waals surface area (Å²) in [6.45, 7) is 4.51. The van der Waals surface area contributed by atoms with E-state index in [-0.39, 0.29) is 0 Å². The van der Waals surface area contributed by atoms with Crippen LogP contribution in [0, 0.1) is 0 Å². The second-order valence-corrected chi connectivity index (χ2v) is 2.65. The van der Waals surface area contributed by atoms with Crippen molar-refractivity contribution in [3.8, 4) is 0 Å². The molecule has 5 nitrogen and oxygen atoms in total. The van der Waals surface area contributed by atoms with Gasteiger partial charge in [0.05, 0.1) is 6.61 Å². The van der Waals surface area contributed by atoms with E-state index >= 15 is 0 Å². The lowest BCUT2D eigenvalue weighted by Gasteiger charge is -2.02. The van der Waals surface area contributed by atoms with Gasteiger partial charge in [-0.15, -0.1) is 0 Å². The Bertz CT molecular complexity index is 180. The van der Waals surface area contributed by atoms with Crippen LogP contribution < -0.4 is 11.2 Å². The number of unbranched alkanes of at least 4 members (excludes halogenated alkanes) is 1. The van der Waals surface area contributed by atoms with Crippen molar-refractivity contribution in [2.75, 3.05) is 13.2 Å². The Kier molecular flexibility index (Phi) is 6.91. The van der Waals surface area contributed by atoms with Crippen molar-refractivity contribution in [1.82, 2.24) is 5.43 Å². The number of nitrogens with one attached hydrogen (secondary N) is 1. The molecule has 0 aromatic carbocycles. The maximum atomic E-state index is 10.9. The monoisotopic (exact) mass is 187 g/mol. The molecule has 0 aliphatic heterocycles. The van der Waals surface area contributed by atoms with Crippen LogP contribution in [0.2, 0.25) is 0 Å². The number of hydrogen-bond donors (Lipinski definition) is 2. The van der Waals surface area contributed by atoms with E-state index in [0.29, 0.717) is 18.9 Å². The van der Waals surface area contributed by atoms with E-state index < -0.39 is 6.09 Å². The normalized spacial score (nSPS) is 11.2. The van der Waals surface area contributed by atoms with Crippen LogP contribution in [0.4, 0.5) is 4.79 Å². The average molecular weight is 187 g/mol. The van der Waals surface area contributed by atoms with E-state index in [1.807, 2.05) is 6.92 Å². The van der Waals surface area contributed by atoms with Crippen LogP contribution in [0.25, 0.3) is 0 Å². The van der Waals surface area contributed by atoms with E-state index in [9.17, 15) is 4.79 Å². The summed E-state index contributed by atoms with van der Waals surface area (Å²) in [5.41, 5.74) is 8.16. The van der Waals surface area contributed by atoms with E-state index in [4.69, 9.17) is 10.5 Å². The molecule has 0 heterocycles. The third-order valence-corrected chi connectivity index (χ3v) is 1.36. The number of amides is 1. The highest BCUT2D eigenvalue weighted by molar-refractivity contribution is 5.84. The van der Waals surface area contributed by atoms with Gasteiger partial charge in [0.1, 0.15) is 0 Å². The molecule has 0 fully saturated rings. The van der Waals surface area contributed by atoms with E-state index in [1.54, 1.807) is 6.92 Å². The highest BCUT2D eigenvalue weighted by Gasteiger charge is 1.98. The molecule has 0 rings (SSSR count). The molecular formula is C8H17N3O2. The van der Waals surface area contributed by atoms with Gasteiger partial charge < -0.3 is 10.5 Å². The molecule has 0 saturated heterocycles. The largest absolute Gasteiger partial charge is 0.448 e. The number of nitrogens with zero attached hydrogens (tertiary/aromatic N) is 1. The van der Waals surface area contributed by atoms with E-state index in [1.165, 1.54) is 0 Å². The molecule has 0 bridgehead atoms. The summed E-state index contributed by atoms with van der Waals surface area (Å²) in [6, 6.07) is 0. The summed E-state index contributed by atoms with van der Waals surface area (Å²) >= 11 is 0. The molecule has 0 spiro atoms. The Labute approximate surface area is 78.3 Å². The molecule has 13 heavy (non-hydrogen) atoms. The van der Waals surface area contributed by atoms with Crippen molar-refractivity contribution in [1.29, 1.82) is 0 Å². The Balaban J connectivity index is 3.51. The summed E-state index contributed by atoms with van der Waals surface area (Å²) in [5, 5.41) is 3.69. The lowest BCUT2D eigenvalue weighted by molar-refractivity contribution is 0.145. The third-order valence-electron chi connectivity index (χ3n) is 1.36. The molecule has 3 N–H and O–H groups in total. The lowest BCUT2D eigenvalue weighted by atomic mass is 10.4. The molecule has 76 valence electrons. The smallest absolute Gasteiger partial charge is 0.427 e. The minimum atomic E-state index is -0.527. The second kappa shape index (κ2) is 7.54. The van der Waals surface area contributed by atoms with Crippen LogP contribution in [0.1, 0.15) is 26.7 Å². The fraction of sp³-hybridized carbons (Fsp3) is 0.750. The van der Waals surface area contributed by atoms with Crippen LogP contribution in [-0.4, -0.2) is 25.0 Å². The Morgan fingerprint density at radius 2 is 2.31 bits per heavy atom. The number of hydrazone groups is 1. The van der Waals surface area contributed by atoms with Crippen molar-refractivity contribution in [3.05, 3.63) is 0 Å². The van der Waals surface area contributed by atoms with Crippen LogP contribution in [0.15, 0.2) is 5.10 Å². The van der Waals surface area contributed by atoms with Gasteiger partial charge in [-0.25, -0.2) is 10.2 Å². The zero-order valence-electron chi connectivity index (χ0n) is 8.17. The number of hydrogen-bond acceptors (Lipinski definition) is 4. The van der Waals surface area contributed by atoms with Gasteiger partial charge in [-0.2, -0.15) is 5.10 Å². The summed E-state index contributed by atoms with van der Waals surface area (Å²) in [7, 11) is 0. The van der Waals surface area contributed by atoms with Crippen LogP contribution in [0.5, 0.6) is 0 Å². The molecule has 0 atom stereocenters. The van der Waals surface area contributed by atoms with Crippen LogP contribution >= 0.6 is 0 Å². The number of nitrogens with two attached hydrogens (primary N) is 1. The first-order valence-electron chi connectivity index (χ1n) is 4.36. The highest BCUT2D eigenvalue weighted by atomic mass is 16.5. The number of ether oxygens (including phenoxy) is 1. The van der Waals surface area contributed by atoms with Crippen molar-refractivity contribution < 1.29 is 9.53 Å². The Hall–Kier alpha value is -1.10. The lowest BCUT2D eigenvalue weighted by Crippen LogP contribution is -2.22. The van der Waals surface area contributed by atoms with Crippen LogP contribution in [0.3, 0.4) is 0 Å². The topological polar surface area (TPSA) is 76.7 Å². The van der Waals surface area contributed by atoms with Gasteiger partial charge in [-0.05, 0) is 13.3 Å². The first-order valence-corrected chi connectivity index (χ1v) is 4.36. The van der Waals surface area contributed by atoms with Crippen molar-refractivity contribution >= 4 is 11.8 Å². The van der Waals surface area contributed by atoms with Gasteiger partial charge in [0.25, 0.3) is 0 Å². The minimum absolute atomic E-state index is 0.329. The first-order chi connectivity index (χ1) is 6.20. The fourth-order valence-corrected chi connectivity index (χ4v) is 0.528. The molecule has 0 aliphatic rings. The predicted molar refractivity (Wildman–Crippen MR) is 51.6 cm³/mol. The molecule has 0 aromatic heterocycles. The van der Waals surface area contributed by atoms with Crippen LogP contribution in [-0.2, 0) is 4.74 Å². The molecule has 0 saturated carbocycles. The molecule has 0 aromatic rings. The number of carbonyl (C=O) groups excluding carboxylic acids is 1. The van der Waals surface area contributed by atoms with E-state index in [0.717, 1.165) is 12.8 Å². The maximum Gasteiger partial charge on any atom is 0.427 e. The summed E-state index contributed by atoms with van der Waals surface area (Å²) in [5.74, 6) is 0. The molecular weight excluding hydrogens is 170 g/mol. The highest BCUT2D eigenvalue weighted by Crippen LogP contribution is 1.88. The van der Waals surface area contributed by atoms with Gasteiger partial charge in [0.2, 0.25) is 0 Å². The average Bonchev–Trinajstić information content (AvgIpc) is 2.14. The number of carbonyl (C=O) groups is 1. The third kappa shape index (κ3) is 7.27. The van der Waals surface area contributed by atoms with Gasteiger partial charge >= 0.3 is 6.09 Å². The molecule has 0 radical (unpaired) electrons. The van der Waals surface area contributed by atoms with Gasteiger partial charge in [-0.1, -0.05) is 13.3 Å². The minimum Gasteiger partial charge on any atom is -0.448 e. The molecule has 0 aliphatic carbocycles. The van der Waals surface area contributed by atoms with Gasteiger partial charge in [-0.3, -0.25) is 0 Å². The summed E-state index contributed by atoms with van der Waals surface area (Å²) in [4.78, 5) is 10.9. The quantitative estimate of drug-likeness (QED) is 0.380. The zero-order valence-corrected chi connectivity index (χ0v) is 8.17. The standard InChI is InChI=1S/C8H17N3O2/c1-3-4-5-13-8(12)11-10-7(2)6-9/h3-6,9H2,1-2H3,(H,11,12). The number of rotatable bonds is 5. The Morgan fingerprint density at radius 1 is 1.62 bits per heavy atom. The molecule has 0 unspecified atom stereocenters. The second-order valence-electron chi connectivity index (χ2n) is 2.65. The summed E-state index contributed by atoms with van der Waals surface area (Å²) in [6.07, 6.45) is 1.34. The fourth-order valence-electron chi connectivity index (χ4n) is 0.528. The maximum absolute atomic E-state index is 10.9. The van der Waals surface area contributed by atoms with Crippen molar-refractivity contribution in [3.63, 3.8) is 0 Å². The molecule has 1 amide bonds. The predicted octanol–water partition coefficient (Wildman–Crippen LogP) is 0.847. The zero-order chi connectivity index (χ0) is 10.1. The van der Waals surface area contributed by atoms with Gasteiger partial charge in [0.15, 0.2) is 0 Å². The molecule has 5 heteroatoms. The SMILES string of the molecule is CCCCOC(=O)NN=C(C)CN. The van der Waals surface area contributed by atoms with Gasteiger partial charge in [0, 0.05) is 12.3 Å². The van der Waals surface area contributed by atoms with Crippen molar-refractivity contribution in [2.24, 2.45) is 10.8 Å². The Morgan fingerprint density at radius 3 is 2.85 bits per heavy atom. The first kappa shape index (κ1) is 11.9.